The molecule has 0 aromatic heterocycles. The summed E-state index contributed by atoms with van der Waals surface area (Å²) in [5.74, 6) is -2.04. The summed E-state index contributed by atoms with van der Waals surface area (Å²) in [6.07, 6.45) is -6.70. The van der Waals surface area contributed by atoms with Crippen molar-refractivity contribution in [2.75, 3.05) is 6.61 Å². The molecule has 0 bridgehead atoms. The minimum absolute atomic E-state index is 0.00836. The Morgan fingerprint density at radius 2 is 1.76 bits per heavy atom. The van der Waals surface area contributed by atoms with Gasteiger partial charge in [-0.1, -0.05) is 37.3 Å². The molecule has 5 rings (SSSR count). The van der Waals surface area contributed by atoms with Gasteiger partial charge < -0.3 is 39.4 Å². The smallest absolute Gasteiger partial charge is 0.303 e. The van der Waals surface area contributed by atoms with Gasteiger partial charge in [-0.25, -0.2) is 0 Å². The largest absolute Gasteiger partial charge is 0.458 e. The average Bonchev–Trinajstić information content (AvgIpc) is 3.15. The zero-order chi connectivity index (χ0) is 30.1. The maximum Gasteiger partial charge on any atom is 0.303 e. The zero-order valence-corrected chi connectivity index (χ0v) is 24.5. The molecule has 10 heteroatoms. The van der Waals surface area contributed by atoms with Crippen LogP contribution in [0.15, 0.2) is 41.5 Å². The molecule has 1 aromatic rings. The Bertz CT molecular complexity index is 1220. The molecular formula is C31H42O10. The van der Waals surface area contributed by atoms with Gasteiger partial charge in [0.2, 0.25) is 0 Å². The van der Waals surface area contributed by atoms with Crippen LogP contribution in [0.5, 0.6) is 0 Å². The standard InChI is InChI=1S/C31H42O10/c1-16-20(40-17(2)32)13-30(28(4,5)37)23(16)24(35)26(36)29(6)21(34)12-22-31(15-39-22,41-18(3)33)25(29)27(30)38-14-19-10-8-7-9-11-19/h7-11,20-22,24-27,34-37H,12-15H2,1-6H3. The fourth-order valence-corrected chi connectivity index (χ4v) is 8.39. The summed E-state index contributed by atoms with van der Waals surface area (Å²) in [6.45, 7) is 9.25. The topological polar surface area (TPSA) is 152 Å². The van der Waals surface area contributed by atoms with Gasteiger partial charge in [-0.3, -0.25) is 9.59 Å². The summed E-state index contributed by atoms with van der Waals surface area (Å²) in [7, 11) is 0. The second-order valence-electron chi connectivity index (χ2n) is 13.0. The van der Waals surface area contributed by atoms with E-state index in [-0.39, 0.29) is 26.1 Å². The molecule has 1 heterocycles. The third-order valence-electron chi connectivity index (χ3n) is 10.3. The van der Waals surface area contributed by atoms with Crippen LogP contribution in [0.2, 0.25) is 0 Å². The molecule has 1 aromatic carbocycles. The molecule has 226 valence electrons. The van der Waals surface area contributed by atoms with Crippen LogP contribution in [0.1, 0.15) is 59.9 Å². The first-order chi connectivity index (χ1) is 19.1. The van der Waals surface area contributed by atoms with Crippen LogP contribution in [0.3, 0.4) is 0 Å². The number of ether oxygens (including phenoxy) is 4. The lowest BCUT2D eigenvalue weighted by atomic mass is 9.49. The Balaban J connectivity index is 1.81. The van der Waals surface area contributed by atoms with Gasteiger partial charge >= 0.3 is 11.9 Å². The minimum atomic E-state index is -1.61. The van der Waals surface area contributed by atoms with Gasteiger partial charge in [0, 0.05) is 38.0 Å². The van der Waals surface area contributed by atoms with Gasteiger partial charge in [0.25, 0.3) is 0 Å². The normalized spacial score (nSPS) is 41.9. The van der Waals surface area contributed by atoms with E-state index >= 15 is 0 Å². The van der Waals surface area contributed by atoms with Crippen LogP contribution >= 0.6 is 0 Å². The molecule has 1 aliphatic heterocycles. The Morgan fingerprint density at radius 3 is 2.29 bits per heavy atom. The van der Waals surface area contributed by atoms with Crippen LogP contribution in [-0.2, 0) is 35.1 Å². The van der Waals surface area contributed by atoms with E-state index in [0.717, 1.165) is 5.56 Å². The lowest BCUT2D eigenvalue weighted by Gasteiger charge is -2.65. The fourth-order valence-electron chi connectivity index (χ4n) is 8.39. The minimum Gasteiger partial charge on any atom is -0.458 e. The van der Waals surface area contributed by atoms with E-state index in [9.17, 15) is 30.0 Å². The molecule has 2 saturated carbocycles. The number of aliphatic hydroxyl groups excluding tert-OH is 3. The zero-order valence-electron chi connectivity index (χ0n) is 24.5. The highest BCUT2D eigenvalue weighted by atomic mass is 16.6. The number of carbonyl (C=O) groups excluding carboxylic acids is 2. The van der Waals surface area contributed by atoms with Crippen molar-refractivity contribution in [1.82, 2.24) is 0 Å². The summed E-state index contributed by atoms with van der Waals surface area (Å²) in [4.78, 5) is 24.7. The Labute approximate surface area is 240 Å². The summed E-state index contributed by atoms with van der Waals surface area (Å²) in [5, 5.41) is 47.7. The van der Waals surface area contributed by atoms with Gasteiger partial charge in [0.15, 0.2) is 5.60 Å². The first kappa shape index (κ1) is 30.1. The second kappa shape index (κ2) is 10.1. The first-order valence-electron chi connectivity index (χ1n) is 14.2. The number of hydrogen-bond donors (Lipinski definition) is 4. The molecule has 1 saturated heterocycles. The van der Waals surface area contributed by atoms with Crippen molar-refractivity contribution in [3.63, 3.8) is 0 Å². The SMILES string of the molecule is CC(=O)OC1CC2(C(C)(C)O)C(=C1C)C(O)C(O)C1(C)C(O)CC3OCC3(OC(C)=O)C1C2OCc1ccccc1. The van der Waals surface area contributed by atoms with E-state index in [1.54, 1.807) is 27.7 Å². The summed E-state index contributed by atoms with van der Waals surface area (Å²) in [5.41, 5.74) is -4.17. The highest BCUT2D eigenvalue weighted by molar-refractivity contribution is 5.67. The molecule has 4 N–H and O–H groups in total. The first-order valence-corrected chi connectivity index (χ1v) is 14.2. The van der Waals surface area contributed by atoms with Crippen molar-refractivity contribution >= 4 is 11.9 Å². The number of carbonyl (C=O) groups is 2. The molecule has 0 spiro atoms. The number of fused-ring (bicyclic) bond motifs is 4. The van der Waals surface area contributed by atoms with Crippen LogP contribution in [0.25, 0.3) is 0 Å². The predicted octanol–water partition coefficient (Wildman–Crippen LogP) is 1.80. The Hall–Kier alpha value is -2.34. The molecule has 3 fully saturated rings. The number of rotatable bonds is 6. The van der Waals surface area contributed by atoms with E-state index < -0.39 is 76.5 Å². The monoisotopic (exact) mass is 574 g/mol. The summed E-state index contributed by atoms with van der Waals surface area (Å²) >= 11 is 0. The lowest BCUT2D eigenvalue weighted by Crippen LogP contribution is -2.78. The van der Waals surface area contributed by atoms with Crippen molar-refractivity contribution in [1.29, 1.82) is 0 Å². The van der Waals surface area contributed by atoms with Crippen LogP contribution in [-0.4, -0.2) is 86.8 Å². The third-order valence-corrected chi connectivity index (χ3v) is 10.3. The van der Waals surface area contributed by atoms with Gasteiger partial charge in [0.05, 0.1) is 42.5 Å². The Kier molecular flexibility index (Phi) is 7.45. The van der Waals surface area contributed by atoms with Gasteiger partial charge in [-0.05, 0) is 37.5 Å². The van der Waals surface area contributed by atoms with Crippen molar-refractivity contribution in [2.45, 2.75) is 109 Å². The molecular weight excluding hydrogens is 532 g/mol. The van der Waals surface area contributed by atoms with Crippen molar-refractivity contribution in [2.24, 2.45) is 16.7 Å². The molecule has 0 amide bonds. The van der Waals surface area contributed by atoms with E-state index in [1.807, 2.05) is 30.3 Å². The Morgan fingerprint density at radius 1 is 1.10 bits per heavy atom. The van der Waals surface area contributed by atoms with Gasteiger partial charge in [-0.2, -0.15) is 0 Å². The van der Waals surface area contributed by atoms with E-state index in [2.05, 4.69) is 0 Å². The van der Waals surface area contributed by atoms with Crippen molar-refractivity contribution in [3.05, 3.63) is 47.0 Å². The summed E-state index contributed by atoms with van der Waals surface area (Å²) in [6, 6.07) is 9.41. The quantitative estimate of drug-likeness (QED) is 0.292. The highest BCUT2D eigenvalue weighted by Gasteiger charge is 2.78. The predicted molar refractivity (Wildman–Crippen MR) is 145 cm³/mol. The molecule has 3 aliphatic carbocycles. The molecule has 10 nitrogen and oxygen atoms in total. The molecule has 10 unspecified atom stereocenters. The maximum atomic E-state index is 12.6. The van der Waals surface area contributed by atoms with Crippen molar-refractivity contribution < 1.29 is 49.0 Å². The number of benzene rings is 1. The van der Waals surface area contributed by atoms with Crippen molar-refractivity contribution in [3.8, 4) is 0 Å². The maximum absolute atomic E-state index is 12.6. The number of esters is 2. The van der Waals surface area contributed by atoms with Crippen LogP contribution in [0, 0.1) is 16.7 Å². The van der Waals surface area contributed by atoms with Crippen LogP contribution < -0.4 is 0 Å². The highest BCUT2D eigenvalue weighted by Crippen LogP contribution is 2.67. The molecule has 10 atom stereocenters. The number of hydrogen-bond acceptors (Lipinski definition) is 10. The third kappa shape index (κ3) is 4.29. The van der Waals surface area contributed by atoms with Gasteiger partial charge in [-0.15, -0.1) is 0 Å². The second-order valence-corrected chi connectivity index (χ2v) is 13.0. The van der Waals surface area contributed by atoms with E-state index in [4.69, 9.17) is 18.9 Å². The molecule has 41 heavy (non-hydrogen) atoms. The molecule has 0 radical (unpaired) electrons. The lowest BCUT2D eigenvalue weighted by molar-refractivity contribution is -0.355. The van der Waals surface area contributed by atoms with E-state index in [1.165, 1.54) is 13.8 Å². The number of aliphatic hydroxyl groups is 4. The fraction of sp³-hybridized carbons (Fsp3) is 0.677. The molecule has 4 aliphatic rings. The van der Waals surface area contributed by atoms with Gasteiger partial charge in [0.1, 0.15) is 18.3 Å². The average molecular weight is 575 g/mol. The van der Waals surface area contributed by atoms with Crippen LogP contribution in [0.4, 0.5) is 0 Å². The van der Waals surface area contributed by atoms with E-state index in [0.29, 0.717) is 11.1 Å². The summed E-state index contributed by atoms with van der Waals surface area (Å²) < 4.78 is 24.4.